The molecule has 0 aromatic heterocycles. The van der Waals surface area contributed by atoms with E-state index in [-0.39, 0.29) is 5.04 Å². The van der Waals surface area contributed by atoms with Crippen LogP contribution in [0.15, 0.2) is 42.5 Å². The summed E-state index contributed by atoms with van der Waals surface area (Å²) in [6.07, 6.45) is 7.36. The molecule has 25 heavy (non-hydrogen) atoms. The fraction of sp³-hybridized carbons (Fsp3) is 0.545. The average Bonchev–Trinajstić information content (AvgIpc) is 2.53. The summed E-state index contributed by atoms with van der Waals surface area (Å²) in [4.78, 5) is 0. The minimum Gasteiger partial charge on any atom is -0.543 e. The third-order valence-corrected chi connectivity index (χ3v) is 9.80. The van der Waals surface area contributed by atoms with E-state index in [9.17, 15) is 5.11 Å². The van der Waals surface area contributed by atoms with Crippen molar-refractivity contribution in [2.24, 2.45) is 0 Å². The summed E-state index contributed by atoms with van der Waals surface area (Å²) in [7, 11) is -1.83. The standard InChI is InChI=1S/C22H36O2Si/c1-9-22(23,10-2)16-12-13-18(3)19-14-11-15-20(17-19)24-25(7,8)21(4,5)6/h11-17,23H,9-10H2,1-8H3/b16-12-,18-13+. The lowest BCUT2D eigenvalue weighted by molar-refractivity contribution is 0.0828. The highest BCUT2D eigenvalue weighted by atomic mass is 28.4. The molecule has 1 rings (SSSR count). The lowest BCUT2D eigenvalue weighted by Crippen LogP contribution is -2.43. The van der Waals surface area contributed by atoms with Crippen LogP contribution < -0.4 is 4.43 Å². The molecule has 2 nitrogen and oxygen atoms in total. The van der Waals surface area contributed by atoms with Crippen LogP contribution in [-0.4, -0.2) is 19.0 Å². The lowest BCUT2D eigenvalue weighted by atomic mass is 9.96. The highest BCUT2D eigenvalue weighted by molar-refractivity contribution is 6.74. The van der Waals surface area contributed by atoms with Crippen molar-refractivity contribution in [2.45, 2.75) is 78.1 Å². The lowest BCUT2D eigenvalue weighted by Gasteiger charge is -2.36. The average molecular weight is 361 g/mol. The van der Waals surface area contributed by atoms with Crippen molar-refractivity contribution in [3.63, 3.8) is 0 Å². The quantitative estimate of drug-likeness (QED) is 0.439. The van der Waals surface area contributed by atoms with Crippen molar-refractivity contribution in [1.29, 1.82) is 0 Å². The van der Waals surface area contributed by atoms with Gasteiger partial charge in [0.2, 0.25) is 8.32 Å². The van der Waals surface area contributed by atoms with E-state index >= 15 is 0 Å². The zero-order valence-corrected chi connectivity index (χ0v) is 18.3. The largest absolute Gasteiger partial charge is 0.543 e. The first-order valence-corrected chi connectivity index (χ1v) is 12.2. The summed E-state index contributed by atoms with van der Waals surface area (Å²) < 4.78 is 6.40. The van der Waals surface area contributed by atoms with E-state index in [1.165, 1.54) is 0 Å². The molecule has 140 valence electrons. The fourth-order valence-electron chi connectivity index (χ4n) is 2.21. The molecule has 0 unspecified atom stereocenters. The Labute approximate surface area is 155 Å². The first-order chi connectivity index (χ1) is 11.4. The van der Waals surface area contributed by atoms with E-state index in [2.05, 4.69) is 59.0 Å². The monoisotopic (exact) mass is 360 g/mol. The molecule has 1 aromatic rings. The van der Waals surface area contributed by atoms with Crippen LogP contribution in [0.25, 0.3) is 5.57 Å². The van der Waals surface area contributed by atoms with Gasteiger partial charge in [-0.15, -0.1) is 0 Å². The van der Waals surface area contributed by atoms with Gasteiger partial charge < -0.3 is 9.53 Å². The molecule has 1 aromatic carbocycles. The van der Waals surface area contributed by atoms with Crippen molar-refractivity contribution in [1.82, 2.24) is 0 Å². The van der Waals surface area contributed by atoms with E-state index in [4.69, 9.17) is 4.43 Å². The molecule has 0 radical (unpaired) electrons. The Morgan fingerprint density at radius 2 is 1.76 bits per heavy atom. The predicted molar refractivity (Wildman–Crippen MR) is 113 cm³/mol. The number of allylic oxidation sites excluding steroid dienone is 3. The molecule has 0 saturated carbocycles. The summed E-state index contributed by atoms with van der Waals surface area (Å²) in [5.74, 6) is 0.944. The normalized spacial score (nSPS) is 14.2. The van der Waals surface area contributed by atoms with Crippen LogP contribution >= 0.6 is 0 Å². The number of hydrogen-bond donors (Lipinski definition) is 1. The van der Waals surface area contributed by atoms with Gasteiger partial charge in [0.15, 0.2) is 0 Å². The van der Waals surface area contributed by atoms with Crippen LogP contribution in [0.1, 0.15) is 59.9 Å². The van der Waals surface area contributed by atoms with Gasteiger partial charge >= 0.3 is 0 Å². The van der Waals surface area contributed by atoms with Crippen LogP contribution in [0.3, 0.4) is 0 Å². The van der Waals surface area contributed by atoms with Gasteiger partial charge in [0.1, 0.15) is 5.75 Å². The predicted octanol–water partition coefficient (Wildman–Crippen LogP) is 6.58. The van der Waals surface area contributed by atoms with Gasteiger partial charge in [-0.25, -0.2) is 0 Å². The topological polar surface area (TPSA) is 29.5 Å². The molecule has 0 fully saturated rings. The Bertz CT molecular complexity index is 617. The first kappa shape index (κ1) is 21.7. The van der Waals surface area contributed by atoms with Gasteiger partial charge in [-0.05, 0) is 61.2 Å². The molecule has 1 N–H and O–H groups in total. The van der Waals surface area contributed by atoms with Gasteiger partial charge in [-0.2, -0.15) is 0 Å². The molecule has 0 bridgehead atoms. The van der Waals surface area contributed by atoms with Crippen LogP contribution in [-0.2, 0) is 0 Å². The minimum atomic E-state index is -1.83. The molecule has 0 heterocycles. The molecular formula is C22H36O2Si. The smallest absolute Gasteiger partial charge is 0.250 e. The van der Waals surface area contributed by atoms with Crippen molar-refractivity contribution in [2.75, 3.05) is 0 Å². The summed E-state index contributed by atoms with van der Waals surface area (Å²) in [6, 6.07) is 8.31. The van der Waals surface area contributed by atoms with Crippen LogP contribution in [0.5, 0.6) is 5.75 Å². The SMILES string of the molecule is CCC(O)(/C=C\C=C(/C)c1cccc(O[Si](C)(C)C(C)(C)C)c1)CC. The van der Waals surface area contributed by atoms with Gasteiger partial charge in [0, 0.05) is 0 Å². The van der Waals surface area contributed by atoms with Crippen LogP contribution in [0, 0.1) is 0 Å². The maximum atomic E-state index is 10.3. The second-order valence-corrected chi connectivity index (χ2v) is 13.1. The van der Waals surface area contributed by atoms with E-state index < -0.39 is 13.9 Å². The number of rotatable bonds is 7. The highest BCUT2D eigenvalue weighted by Crippen LogP contribution is 2.37. The zero-order valence-electron chi connectivity index (χ0n) is 17.3. The maximum Gasteiger partial charge on any atom is 0.250 e. The summed E-state index contributed by atoms with van der Waals surface area (Å²) in [5, 5.41) is 10.5. The van der Waals surface area contributed by atoms with E-state index in [1.54, 1.807) is 0 Å². The first-order valence-electron chi connectivity index (χ1n) is 9.32. The highest BCUT2D eigenvalue weighted by Gasteiger charge is 2.38. The molecule has 0 aliphatic heterocycles. The summed E-state index contributed by atoms with van der Waals surface area (Å²) in [6.45, 7) is 17.4. The second kappa shape index (κ2) is 8.37. The Morgan fingerprint density at radius 1 is 1.16 bits per heavy atom. The van der Waals surface area contributed by atoms with Crippen LogP contribution in [0.4, 0.5) is 0 Å². The minimum absolute atomic E-state index is 0.182. The van der Waals surface area contributed by atoms with Crippen molar-refractivity contribution in [3.8, 4) is 5.75 Å². The molecular weight excluding hydrogens is 324 g/mol. The Hall–Kier alpha value is -1.32. The molecule has 3 heteroatoms. The summed E-state index contributed by atoms with van der Waals surface area (Å²) >= 11 is 0. The molecule has 0 aliphatic carbocycles. The Balaban J connectivity index is 2.97. The molecule has 0 amide bonds. The zero-order chi connectivity index (χ0) is 19.3. The fourth-order valence-corrected chi connectivity index (χ4v) is 3.23. The van der Waals surface area contributed by atoms with Gasteiger partial charge in [-0.3, -0.25) is 0 Å². The third kappa shape index (κ3) is 6.16. The molecule has 0 spiro atoms. The van der Waals surface area contributed by atoms with Crippen molar-refractivity contribution < 1.29 is 9.53 Å². The number of aliphatic hydroxyl groups is 1. The van der Waals surface area contributed by atoms with E-state index in [0.717, 1.165) is 29.7 Å². The van der Waals surface area contributed by atoms with E-state index in [1.807, 2.05) is 38.1 Å². The van der Waals surface area contributed by atoms with Gasteiger partial charge in [0.05, 0.1) is 5.60 Å². The second-order valence-electron chi connectivity index (χ2n) is 8.41. The molecule has 0 aliphatic rings. The van der Waals surface area contributed by atoms with Crippen molar-refractivity contribution >= 4 is 13.9 Å². The number of hydrogen-bond acceptors (Lipinski definition) is 2. The van der Waals surface area contributed by atoms with Crippen LogP contribution in [0.2, 0.25) is 18.1 Å². The molecule has 0 saturated heterocycles. The maximum absolute atomic E-state index is 10.3. The Kier molecular flexibility index (Phi) is 7.27. The Morgan fingerprint density at radius 3 is 2.28 bits per heavy atom. The molecule has 0 atom stereocenters. The van der Waals surface area contributed by atoms with Crippen molar-refractivity contribution in [3.05, 3.63) is 48.1 Å². The third-order valence-electron chi connectivity index (χ3n) is 5.45. The van der Waals surface area contributed by atoms with Gasteiger partial charge in [0.25, 0.3) is 0 Å². The number of benzene rings is 1. The van der Waals surface area contributed by atoms with E-state index in [0.29, 0.717) is 0 Å². The van der Waals surface area contributed by atoms with Gasteiger partial charge in [-0.1, -0.05) is 65.0 Å². The summed E-state index contributed by atoms with van der Waals surface area (Å²) in [5.41, 5.74) is 1.60.